The molecule has 1 aromatic carbocycles. The molecule has 2 nitrogen and oxygen atoms in total. The lowest BCUT2D eigenvalue weighted by molar-refractivity contribution is 0.359. The Bertz CT molecular complexity index is 474. The zero-order valence-electron chi connectivity index (χ0n) is 11.4. The van der Waals surface area contributed by atoms with Crippen molar-refractivity contribution in [3.63, 3.8) is 0 Å². The maximum atomic E-state index is 4.83. The Labute approximate surface area is 110 Å². The first-order valence-electron chi connectivity index (χ1n) is 7.16. The Kier molecular flexibility index (Phi) is 3.11. The van der Waals surface area contributed by atoms with E-state index in [9.17, 15) is 0 Å². The summed E-state index contributed by atoms with van der Waals surface area (Å²) >= 11 is 0. The summed E-state index contributed by atoms with van der Waals surface area (Å²) in [4.78, 5) is 7.29. The zero-order valence-corrected chi connectivity index (χ0v) is 11.4. The maximum Gasteiger partial charge on any atom is 0.105 e. The van der Waals surface area contributed by atoms with E-state index in [0.29, 0.717) is 0 Å². The largest absolute Gasteiger partial charge is 0.356 e. The molecule has 2 heteroatoms. The summed E-state index contributed by atoms with van der Waals surface area (Å²) in [5.41, 5.74) is 4.08. The molecule has 0 aromatic heterocycles. The van der Waals surface area contributed by atoms with Crippen molar-refractivity contribution in [2.45, 2.75) is 46.1 Å². The molecule has 0 unspecified atom stereocenters. The van der Waals surface area contributed by atoms with Crippen molar-refractivity contribution < 1.29 is 0 Å². The highest BCUT2D eigenvalue weighted by molar-refractivity contribution is 5.87. The van der Waals surface area contributed by atoms with Crippen molar-refractivity contribution in [2.24, 2.45) is 10.9 Å². The average molecular weight is 242 g/mol. The number of rotatable bonds is 2. The van der Waals surface area contributed by atoms with E-state index in [1.807, 2.05) is 0 Å². The molecule has 1 saturated heterocycles. The standard InChI is InChI=1S/C16H22N2/c1-12(2)9-13-6-7-15-14(10-13)11-18-8-4-3-5-16(18)17-15/h6-7,10,12H,3-5,8-9,11H2,1-2H3. The van der Waals surface area contributed by atoms with Gasteiger partial charge in [-0.3, -0.25) is 0 Å². The van der Waals surface area contributed by atoms with Crippen LogP contribution in [-0.2, 0) is 13.0 Å². The molecule has 18 heavy (non-hydrogen) atoms. The van der Waals surface area contributed by atoms with Crippen molar-refractivity contribution >= 4 is 11.5 Å². The molecule has 2 heterocycles. The van der Waals surface area contributed by atoms with Crippen molar-refractivity contribution in [3.05, 3.63) is 29.3 Å². The molecule has 0 radical (unpaired) electrons. The summed E-state index contributed by atoms with van der Waals surface area (Å²) in [6, 6.07) is 6.83. The van der Waals surface area contributed by atoms with Gasteiger partial charge in [0.1, 0.15) is 5.84 Å². The third-order valence-corrected chi connectivity index (χ3v) is 3.84. The molecule has 0 atom stereocenters. The fourth-order valence-electron chi connectivity index (χ4n) is 2.99. The predicted octanol–water partition coefficient (Wildman–Crippen LogP) is 3.91. The van der Waals surface area contributed by atoms with Crippen molar-refractivity contribution in [2.75, 3.05) is 6.54 Å². The van der Waals surface area contributed by atoms with Crippen LogP contribution in [0.5, 0.6) is 0 Å². The highest BCUT2D eigenvalue weighted by Gasteiger charge is 2.22. The molecule has 0 aliphatic carbocycles. The summed E-state index contributed by atoms with van der Waals surface area (Å²) in [6.45, 7) is 6.81. The SMILES string of the molecule is CC(C)Cc1ccc2c(c1)CN1CCCCC1=N2. The van der Waals surface area contributed by atoms with Crippen molar-refractivity contribution in [1.29, 1.82) is 0 Å². The molecule has 0 spiro atoms. The van der Waals surface area contributed by atoms with E-state index >= 15 is 0 Å². The number of benzene rings is 1. The van der Waals surface area contributed by atoms with Gasteiger partial charge in [-0.25, -0.2) is 4.99 Å². The molecule has 3 rings (SSSR count). The molecule has 2 aliphatic rings. The smallest absolute Gasteiger partial charge is 0.105 e. The Hall–Kier alpha value is -1.31. The first-order valence-corrected chi connectivity index (χ1v) is 7.16. The van der Waals surface area contributed by atoms with Gasteiger partial charge in [-0.05, 0) is 42.4 Å². The van der Waals surface area contributed by atoms with Crippen LogP contribution in [0.1, 0.15) is 44.2 Å². The second-order valence-electron chi connectivity index (χ2n) is 5.97. The van der Waals surface area contributed by atoms with Gasteiger partial charge in [-0.2, -0.15) is 0 Å². The Morgan fingerprint density at radius 1 is 1.28 bits per heavy atom. The third-order valence-electron chi connectivity index (χ3n) is 3.84. The van der Waals surface area contributed by atoms with Gasteiger partial charge >= 0.3 is 0 Å². The van der Waals surface area contributed by atoms with Gasteiger partial charge in [0.25, 0.3) is 0 Å². The Morgan fingerprint density at radius 2 is 2.17 bits per heavy atom. The summed E-state index contributed by atoms with van der Waals surface area (Å²) in [7, 11) is 0. The van der Waals surface area contributed by atoms with E-state index in [2.05, 4.69) is 36.9 Å². The van der Waals surface area contributed by atoms with E-state index in [1.165, 1.54) is 48.5 Å². The van der Waals surface area contributed by atoms with Crippen LogP contribution >= 0.6 is 0 Å². The van der Waals surface area contributed by atoms with Crippen LogP contribution in [0, 0.1) is 5.92 Å². The van der Waals surface area contributed by atoms with Gasteiger partial charge in [-0.15, -0.1) is 0 Å². The molecule has 0 saturated carbocycles. The quantitative estimate of drug-likeness (QED) is 0.767. The van der Waals surface area contributed by atoms with E-state index in [0.717, 1.165) is 18.9 Å². The van der Waals surface area contributed by atoms with Crippen LogP contribution in [0.25, 0.3) is 0 Å². The van der Waals surface area contributed by atoms with Gasteiger partial charge in [0.05, 0.1) is 5.69 Å². The number of amidine groups is 1. The lowest BCUT2D eigenvalue weighted by Gasteiger charge is -2.34. The number of nitrogens with zero attached hydrogens (tertiary/aromatic N) is 2. The molecule has 1 fully saturated rings. The number of piperidine rings is 1. The van der Waals surface area contributed by atoms with Gasteiger partial charge < -0.3 is 4.90 Å². The van der Waals surface area contributed by atoms with Crippen LogP contribution in [-0.4, -0.2) is 17.3 Å². The zero-order chi connectivity index (χ0) is 12.5. The third kappa shape index (κ3) is 2.29. The molecule has 2 aliphatic heterocycles. The lowest BCUT2D eigenvalue weighted by atomic mass is 9.98. The molecule has 96 valence electrons. The van der Waals surface area contributed by atoms with Gasteiger partial charge in [0.2, 0.25) is 0 Å². The minimum atomic E-state index is 0.723. The highest BCUT2D eigenvalue weighted by Crippen LogP contribution is 2.30. The van der Waals surface area contributed by atoms with E-state index in [4.69, 9.17) is 4.99 Å². The van der Waals surface area contributed by atoms with Gasteiger partial charge in [-0.1, -0.05) is 26.0 Å². The minimum Gasteiger partial charge on any atom is -0.356 e. The van der Waals surface area contributed by atoms with Crippen LogP contribution in [0.3, 0.4) is 0 Å². The second-order valence-corrected chi connectivity index (χ2v) is 5.97. The van der Waals surface area contributed by atoms with Crippen molar-refractivity contribution in [1.82, 2.24) is 4.90 Å². The van der Waals surface area contributed by atoms with Gasteiger partial charge in [0.15, 0.2) is 0 Å². The molecular formula is C16H22N2. The first kappa shape index (κ1) is 11.8. The summed E-state index contributed by atoms with van der Waals surface area (Å²) in [6.07, 6.45) is 4.95. The number of aliphatic imine (C=N–C) groups is 1. The average Bonchev–Trinajstić information content (AvgIpc) is 2.35. The van der Waals surface area contributed by atoms with Crippen LogP contribution in [0.15, 0.2) is 23.2 Å². The molecule has 0 amide bonds. The summed E-state index contributed by atoms with van der Waals surface area (Å²) in [5.74, 6) is 2.03. The minimum absolute atomic E-state index is 0.723. The molecule has 1 aromatic rings. The first-order chi connectivity index (χ1) is 8.72. The van der Waals surface area contributed by atoms with E-state index in [1.54, 1.807) is 0 Å². The van der Waals surface area contributed by atoms with Gasteiger partial charge in [0, 0.05) is 19.5 Å². The van der Waals surface area contributed by atoms with Crippen molar-refractivity contribution in [3.8, 4) is 0 Å². The molecule has 0 N–H and O–H groups in total. The number of hydrogen-bond acceptors (Lipinski definition) is 2. The topological polar surface area (TPSA) is 15.6 Å². The number of fused-ring (bicyclic) bond motifs is 2. The van der Waals surface area contributed by atoms with Crippen LogP contribution in [0.4, 0.5) is 5.69 Å². The predicted molar refractivity (Wildman–Crippen MR) is 76.3 cm³/mol. The van der Waals surface area contributed by atoms with Crippen LogP contribution < -0.4 is 0 Å². The Morgan fingerprint density at radius 3 is 3.00 bits per heavy atom. The normalized spacial score (nSPS) is 18.4. The fraction of sp³-hybridized carbons (Fsp3) is 0.562. The van der Waals surface area contributed by atoms with Crippen LogP contribution in [0.2, 0.25) is 0 Å². The molecule has 0 bridgehead atoms. The fourth-order valence-corrected chi connectivity index (χ4v) is 2.99. The maximum absolute atomic E-state index is 4.83. The summed E-state index contributed by atoms with van der Waals surface area (Å²) in [5, 5.41) is 0. The molecular weight excluding hydrogens is 220 g/mol. The number of hydrogen-bond donors (Lipinski definition) is 0. The summed E-state index contributed by atoms with van der Waals surface area (Å²) < 4.78 is 0. The van der Waals surface area contributed by atoms with E-state index < -0.39 is 0 Å². The lowest BCUT2D eigenvalue weighted by Crippen LogP contribution is -2.36. The Balaban J connectivity index is 1.89. The monoisotopic (exact) mass is 242 g/mol. The van der Waals surface area contributed by atoms with E-state index in [-0.39, 0.29) is 0 Å². The highest BCUT2D eigenvalue weighted by atomic mass is 15.2. The second kappa shape index (κ2) is 4.75.